The fraction of sp³-hybridized carbons (Fsp3) is 0.667. The van der Waals surface area contributed by atoms with Crippen molar-refractivity contribution in [1.82, 2.24) is 9.80 Å². The monoisotopic (exact) mass is 262 g/mol. The van der Waals surface area contributed by atoms with E-state index in [0.717, 1.165) is 50.1 Å². The minimum Gasteiger partial charge on any atom is -0.467 e. The molecule has 1 aromatic heterocycles. The van der Waals surface area contributed by atoms with Crippen LogP contribution in [0.4, 0.5) is 0 Å². The molecule has 0 aliphatic carbocycles. The van der Waals surface area contributed by atoms with Crippen molar-refractivity contribution in [2.24, 2.45) is 0 Å². The van der Waals surface area contributed by atoms with E-state index in [1.54, 1.807) is 6.26 Å². The molecule has 0 saturated carbocycles. The minimum atomic E-state index is -0.199. The lowest BCUT2D eigenvalue weighted by molar-refractivity contribution is -0.140. The zero-order valence-corrected chi connectivity index (χ0v) is 11.8. The quantitative estimate of drug-likeness (QED) is 0.837. The molecule has 1 amide bonds. The topological polar surface area (TPSA) is 36.7 Å². The van der Waals surface area contributed by atoms with Gasteiger partial charge in [-0.15, -0.1) is 0 Å². The van der Waals surface area contributed by atoms with E-state index in [-0.39, 0.29) is 11.4 Å². The minimum absolute atomic E-state index is 0.199. The van der Waals surface area contributed by atoms with Gasteiger partial charge in [0.25, 0.3) is 0 Å². The van der Waals surface area contributed by atoms with Gasteiger partial charge in [0.1, 0.15) is 11.3 Å². The van der Waals surface area contributed by atoms with Crippen LogP contribution in [-0.2, 0) is 11.3 Å². The molecule has 0 aromatic carbocycles. The Labute approximate surface area is 114 Å². The summed E-state index contributed by atoms with van der Waals surface area (Å²) in [5, 5.41) is 0. The average Bonchev–Trinajstić information content (AvgIpc) is 3.04. The van der Waals surface area contributed by atoms with Crippen molar-refractivity contribution in [3.05, 3.63) is 23.7 Å². The smallest absolute Gasteiger partial charge is 0.243 e. The number of fused-ring (bicyclic) bond motifs is 1. The van der Waals surface area contributed by atoms with Crippen LogP contribution in [0.5, 0.6) is 0 Å². The van der Waals surface area contributed by atoms with Crippen LogP contribution < -0.4 is 0 Å². The Morgan fingerprint density at radius 1 is 1.42 bits per heavy atom. The van der Waals surface area contributed by atoms with Gasteiger partial charge in [0.15, 0.2) is 0 Å². The molecule has 0 N–H and O–H groups in total. The van der Waals surface area contributed by atoms with Gasteiger partial charge >= 0.3 is 0 Å². The van der Waals surface area contributed by atoms with Crippen LogP contribution in [0.15, 0.2) is 16.7 Å². The molecule has 0 atom stereocenters. The lowest BCUT2D eigenvalue weighted by Gasteiger charge is -2.34. The highest BCUT2D eigenvalue weighted by Gasteiger charge is 2.51. The molecule has 2 saturated heterocycles. The van der Waals surface area contributed by atoms with Gasteiger partial charge in [-0.3, -0.25) is 9.69 Å². The van der Waals surface area contributed by atoms with Crippen molar-refractivity contribution in [1.29, 1.82) is 0 Å². The van der Waals surface area contributed by atoms with Crippen LogP contribution in [0.25, 0.3) is 0 Å². The third-order valence-corrected chi connectivity index (χ3v) is 4.74. The molecule has 4 nitrogen and oxygen atoms in total. The van der Waals surface area contributed by atoms with Gasteiger partial charge in [0.2, 0.25) is 5.91 Å². The Hall–Kier alpha value is -1.29. The number of hydrogen-bond acceptors (Lipinski definition) is 3. The summed E-state index contributed by atoms with van der Waals surface area (Å²) < 4.78 is 5.45. The van der Waals surface area contributed by atoms with Crippen molar-refractivity contribution in [3.63, 3.8) is 0 Å². The molecule has 19 heavy (non-hydrogen) atoms. The number of carbonyl (C=O) groups is 1. The van der Waals surface area contributed by atoms with Crippen LogP contribution in [0.3, 0.4) is 0 Å². The van der Waals surface area contributed by atoms with E-state index in [2.05, 4.69) is 4.90 Å². The molecule has 104 valence electrons. The third-order valence-electron chi connectivity index (χ3n) is 4.74. The SMILES string of the molecule is Cc1ccoc1CN(C)C(=O)C12CCCN1CCC2. The summed E-state index contributed by atoms with van der Waals surface area (Å²) in [6.45, 7) is 4.76. The Morgan fingerprint density at radius 3 is 2.68 bits per heavy atom. The molecule has 4 heteroatoms. The molecule has 0 spiro atoms. The molecule has 0 bridgehead atoms. The summed E-state index contributed by atoms with van der Waals surface area (Å²) in [7, 11) is 1.90. The van der Waals surface area contributed by atoms with Crippen molar-refractivity contribution >= 4 is 5.91 Å². The molecular formula is C15H22N2O2. The molecule has 3 heterocycles. The lowest BCUT2D eigenvalue weighted by atomic mass is 9.92. The highest BCUT2D eigenvalue weighted by Crippen LogP contribution is 2.40. The van der Waals surface area contributed by atoms with Gasteiger partial charge in [-0.05, 0) is 57.3 Å². The molecular weight excluding hydrogens is 240 g/mol. The maximum atomic E-state index is 12.8. The Kier molecular flexibility index (Phi) is 3.13. The Morgan fingerprint density at radius 2 is 2.11 bits per heavy atom. The second-order valence-electron chi connectivity index (χ2n) is 5.91. The highest BCUT2D eigenvalue weighted by molar-refractivity contribution is 5.87. The normalized spacial score (nSPS) is 21.6. The first-order valence-electron chi connectivity index (χ1n) is 7.17. The number of carbonyl (C=O) groups excluding carboxylic acids is 1. The fourth-order valence-corrected chi connectivity index (χ4v) is 3.66. The average molecular weight is 262 g/mol. The number of amides is 1. The Balaban J connectivity index is 1.75. The van der Waals surface area contributed by atoms with Crippen LogP contribution >= 0.6 is 0 Å². The summed E-state index contributed by atoms with van der Waals surface area (Å²) in [6.07, 6.45) is 6.04. The van der Waals surface area contributed by atoms with E-state index < -0.39 is 0 Å². The maximum Gasteiger partial charge on any atom is 0.243 e. The van der Waals surface area contributed by atoms with E-state index in [4.69, 9.17) is 4.42 Å². The molecule has 0 radical (unpaired) electrons. The van der Waals surface area contributed by atoms with Crippen molar-refractivity contribution in [2.75, 3.05) is 20.1 Å². The van der Waals surface area contributed by atoms with Crippen molar-refractivity contribution in [2.45, 2.75) is 44.7 Å². The predicted molar refractivity (Wildman–Crippen MR) is 72.7 cm³/mol. The molecule has 2 fully saturated rings. The van der Waals surface area contributed by atoms with E-state index in [1.165, 1.54) is 0 Å². The number of likely N-dealkylation sites (N-methyl/N-ethyl adjacent to an activating group) is 1. The van der Waals surface area contributed by atoms with Crippen LogP contribution in [0.1, 0.15) is 37.0 Å². The molecule has 2 aliphatic heterocycles. The number of aryl methyl sites for hydroxylation is 1. The largest absolute Gasteiger partial charge is 0.467 e. The first kappa shape index (κ1) is 12.7. The highest BCUT2D eigenvalue weighted by atomic mass is 16.3. The van der Waals surface area contributed by atoms with Gasteiger partial charge in [-0.1, -0.05) is 0 Å². The summed E-state index contributed by atoms with van der Waals surface area (Å²) in [6, 6.07) is 1.95. The summed E-state index contributed by atoms with van der Waals surface area (Å²) >= 11 is 0. The van der Waals surface area contributed by atoms with Gasteiger partial charge in [0, 0.05) is 7.05 Å². The van der Waals surface area contributed by atoms with Crippen LogP contribution in [0.2, 0.25) is 0 Å². The van der Waals surface area contributed by atoms with Crippen molar-refractivity contribution < 1.29 is 9.21 Å². The number of nitrogens with zero attached hydrogens (tertiary/aromatic N) is 2. The summed E-state index contributed by atoms with van der Waals surface area (Å²) in [4.78, 5) is 17.1. The van der Waals surface area contributed by atoms with Gasteiger partial charge in [0.05, 0.1) is 12.8 Å². The fourth-order valence-electron chi connectivity index (χ4n) is 3.66. The van der Waals surface area contributed by atoms with E-state index >= 15 is 0 Å². The van der Waals surface area contributed by atoms with Crippen molar-refractivity contribution in [3.8, 4) is 0 Å². The lowest BCUT2D eigenvalue weighted by Crippen LogP contribution is -2.52. The first-order chi connectivity index (χ1) is 9.13. The zero-order valence-electron chi connectivity index (χ0n) is 11.8. The molecule has 1 aromatic rings. The Bertz CT molecular complexity index is 470. The summed E-state index contributed by atoms with van der Waals surface area (Å²) in [5.41, 5.74) is 0.918. The third kappa shape index (κ3) is 1.98. The van der Waals surface area contributed by atoms with Crippen LogP contribution in [0, 0.1) is 6.92 Å². The van der Waals surface area contributed by atoms with Gasteiger partial charge < -0.3 is 9.32 Å². The molecule has 2 aliphatic rings. The van der Waals surface area contributed by atoms with E-state index in [0.29, 0.717) is 6.54 Å². The van der Waals surface area contributed by atoms with Gasteiger partial charge in [-0.25, -0.2) is 0 Å². The number of rotatable bonds is 3. The van der Waals surface area contributed by atoms with E-state index in [9.17, 15) is 4.79 Å². The predicted octanol–water partition coefficient (Wildman–Crippen LogP) is 2.17. The summed E-state index contributed by atoms with van der Waals surface area (Å²) in [5.74, 6) is 1.17. The number of hydrogen-bond donors (Lipinski definition) is 0. The van der Waals surface area contributed by atoms with E-state index in [1.807, 2.05) is 24.9 Å². The second-order valence-corrected chi connectivity index (χ2v) is 5.91. The van der Waals surface area contributed by atoms with Gasteiger partial charge in [-0.2, -0.15) is 0 Å². The zero-order chi connectivity index (χ0) is 13.5. The maximum absolute atomic E-state index is 12.8. The molecule has 3 rings (SSSR count). The standard InChI is InChI=1S/C15H22N2O2/c1-12-5-10-19-13(12)11-16(2)14(18)15-6-3-8-17(15)9-4-7-15/h5,10H,3-4,6-9,11H2,1-2H3. The van der Waals surface area contributed by atoms with Crippen LogP contribution in [-0.4, -0.2) is 41.4 Å². The second kappa shape index (κ2) is 4.67. The number of furan rings is 1. The first-order valence-corrected chi connectivity index (χ1v) is 7.17. The molecule has 0 unspecified atom stereocenters.